The SMILES string of the molecule is CN=C(NCc1cccc(NC(=O)CC(C)C)c1)NC1CCN(c2cccs2)CC1.I. The number of hydrogen-bond acceptors (Lipinski definition) is 4. The van der Waals surface area contributed by atoms with Crippen molar-refractivity contribution in [3.8, 4) is 0 Å². The smallest absolute Gasteiger partial charge is 0.224 e. The van der Waals surface area contributed by atoms with Crippen molar-refractivity contribution in [3.05, 3.63) is 47.3 Å². The molecule has 6 nitrogen and oxygen atoms in total. The monoisotopic (exact) mass is 555 g/mol. The predicted octanol–water partition coefficient (Wildman–Crippen LogP) is 4.68. The Kier molecular flexibility index (Phi) is 10.6. The van der Waals surface area contributed by atoms with Crippen LogP contribution in [0.4, 0.5) is 10.7 Å². The van der Waals surface area contributed by atoms with Crippen LogP contribution in [0.25, 0.3) is 0 Å². The van der Waals surface area contributed by atoms with Gasteiger partial charge in [0.05, 0.1) is 5.00 Å². The second kappa shape index (κ2) is 12.9. The molecule has 3 N–H and O–H groups in total. The van der Waals surface area contributed by atoms with Gasteiger partial charge >= 0.3 is 0 Å². The highest BCUT2D eigenvalue weighted by Gasteiger charge is 2.20. The first-order valence-corrected chi connectivity index (χ1v) is 11.6. The molecular formula is C23H34IN5OS. The van der Waals surface area contributed by atoms with Gasteiger partial charge in [-0.25, -0.2) is 0 Å². The summed E-state index contributed by atoms with van der Waals surface area (Å²) in [6, 6.07) is 12.7. The average molecular weight is 556 g/mol. The summed E-state index contributed by atoms with van der Waals surface area (Å²) in [6.07, 6.45) is 2.72. The lowest BCUT2D eigenvalue weighted by Gasteiger charge is -2.33. The van der Waals surface area contributed by atoms with Crippen LogP contribution >= 0.6 is 35.3 Å². The first-order valence-electron chi connectivity index (χ1n) is 10.7. The molecule has 2 aromatic rings. The Balaban J connectivity index is 0.00000341. The third kappa shape index (κ3) is 8.33. The fraction of sp³-hybridized carbons (Fsp3) is 0.478. The highest BCUT2D eigenvalue weighted by atomic mass is 127. The number of anilines is 2. The number of hydrogen-bond donors (Lipinski definition) is 3. The molecule has 1 saturated heterocycles. The van der Waals surface area contributed by atoms with E-state index in [2.05, 4.69) is 49.4 Å². The zero-order valence-electron chi connectivity index (χ0n) is 18.6. The van der Waals surface area contributed by atoms with Crippen LogP contribution < -0.4 is 20.9 Å². The molecular weight excluding hydrogens is 521 g/mol. The van der Waals surface area contributed by atoms with Gasteiger partial charge in [0.2, 0.25) is 5.91 Å². The van der Waals surface area contributed by atoms with E-state index in [4.69, 9.17) is 0 Å². The maximum atomic E-state index is 12.0. The molecule has 0 bridgehead atoms. The minimum atomic E-state index is 0. The van der Waals surface area contributed by atoms with Crippen LogP contribution in [-0.4, -0.2) is 38.0 Å². The molecule has 31 heavy (non-hydrogen) atoms. The van der Waals surface area contributed by atoms with Crippen LogP contribution in [0, 0.1) is 5.92 Å². The number of benzene rings is 1. The second-order valence-electron chi connectivity index (χ2n) is 8.13. The third-order valence-electron chi connectivity index (χ3n) is 5.14. The quantitative estimate of drug-likeness (QED) is 0.264. The van der Waals surface area contributed by atoms with Crippen molar-refractivity contribution >= 4 is 57.9 Å². The van der Waals surface area contributed by atoms with E-state index in [1.807, 2.05) is 32.0 Å². The number of thiophene rings is 1. The molecule has 1 aromatic heterocycles. The molecule has 0 spiro atoms. The number of amides is 1. The summed E-state index contributed by atoms with van der Waals surface area (Å²) in [6.45, 7) is 6.87. The molecule has 0 radical (unpaired) electrons. The number of carbonyl (C=O) groups is 1. The highest BCUT2D eigenvalue weighted by Crippen LogP contribution is 2.24. The minimum Gasteiger partial charge on any atom is -0.363 e. The van der Waals surface area contributed by atoms with Crippen LogP contribution in [0.15, 0.2) is 46.8 Å². The topological polar surface area (TPSA) is 68.8 Å². The molecule has 0 saturated carbocycles. The molecule has 1 aliphatic rings. The average Bonchev–Trinajstić information content (AvgIpc) is 3.26. The molecule has 8 heteroatoms. The van der Waals surface area contributed by atoms with Crippen LogP contribution in [-0.2, 0) is 11.3 Å². The van der Waals surface area contributed by atoms with E-state index >= 15 is 0 Å². The van der Waals surface area contributed by atoms with E-state index in [0.29, 0.717) is 24.9 Å². The molecule has 1 fully saturated rings. The van der Waals surface area contributed by atoms with Gasteiger partial charge in [0.1, 0.15) is 0 Å². The van der Waals surface area contributed by atoms with Gasteiger partial charge in [-0.1, -0.05) is 26.0 Å². The number of rotatable bonds is 7. The Morgan fingerprint density at radius 1 is 1.23 bits per heavy atom. The van der Waals surface area contributed by atoms with E-state index < -0.39 is 0 Å². The Labute approximate surface area is 206 Å². The van der Waals surface area contributed by atoms with E-state index in [-0.39, 0.29) is 29.9 Å². The number of nitrogens with zero attached hydrogens (tertiary/aromatic N) is 2. The van der Waals surface area contributed by atoms with E-state index in [0.717, 1.165) is 43.1 Å². The number of piperidine rings is 1. The van der Waals surface area contributed by atoms with Crippen molar-refractivity contribution in [2.75, 3.05) is 30.4 Å². The van der Waals surface area contributed by atoms with Gasteiger partial charge in [0.15, 0.2) is 5.96 Å². The molecule has 170 valence electrons. The van der Waals surface area contributed by atoms with Gasteiger partial charge < -0.3 is 20.9 Å². The van der Waals surface area contributed by atoms with Crippen molar-refractivity contribution in [2.45, 2.75) is 45.7 Å². The van der Waals surface area contributed by atoms with Gasteiger partial charge in [-0.05, 0) is 54.0 Å². The Hall–Kier alpha value is -1.81. The largest absolute Gasteiger partial charge is 0.363 e. The summed E-state index contributed by atoms with van der Waals surface area (Å²) in [5.41, 5.74) is 1.94. The van der Waals surface area contributed by atoms with Crippen LogP contribution in [0.1, 0.15) is 38.7 Å². The van der Waals surface area contributed by atoms with Gasteiger partial charge in [0.25, 0.3) is 0 Å². The lowest BCUT2D eigenvalue weighted by molar-refractivity contribution is -0.116. The van der Waals surface area contributed by atoms with Crippen molar-refractivity contribution in [1.82, 2.24) is 10.6 Å². The molecule has 1 aliphatic heterocycles. The zero-order valence-corrected chi connectivity index (χ0v) is 21.7. The normalized spacial score (nSPS) is 14.8. The maximum absolute atomic E-state index is 12.0. The second-order valence-corrected chi connectivity index (χ2v) is 9.06. The standard InChI is InChI=1S/C23H33N5OS.HI/c1-17(2)14-21(29)26-20-7-4-6-18(15-20)16-25-23(24-3)27-19-9-11-28(12-10-19)22-8-5-13-30-22;/h4-8,13,15,17,19H,9-12,14,16H2,1-3H3,(H,26,29)(H2,24,25,27);1H. The number of aliphatic imine (C=N–C) groups is 1. The summed E-state index contributed by atoms with van der Waals surface area (Å²) in [5.74, 6) is 1.22. The zero-order chi connectivity index (χ0) is 21.3. The lowest BCUT2D eigenvalue weighted by Crippen LogP contribution is -2.48. The molecule has 3 rings (SSSR count). The Morgan fingerprint density at radius 3 is 2.65 bits per heavy atom. The molecule has 1 aromatic carbocycles. The number of halogens is 1. The van der Waals surface area contributed by atoms with Crippen molar-refractivity contribution in [2.24, 2.45) is 10.9 Å². The summed E-state index contributed by atoms with van der Waals surface area (Å²) >= 11 is 1.81. The number of carbonyl (C=O) groups excluding carboxylic acids is 1. The van der Waals surface area contributed by atoms with Gasteiger partial charge in [-0.15, -0.1) is 35.3 Å². The van der Waals surface area contributed by atoms with Gasteiger partial charge in [0, 0.05) is 44.8 Å². The summed E-state index contributed by atoms with van der Waals surface area (Å²) < 4.78 is 0. The van der Waals surface area contributed by atoms with E-state index in [1.165, 1.54) is 5.00 Å². The van der Waals surface area contributed by atoms with Crippen molar-refractivity contribution in [1.29, 1.82) is 0 Å². The Bertz CT molecular complexity index is 832. The van der Waals surface area contributed by atoms with E-state index in [9.17, 15) is 4.79 Å². The summed E-state index contributed by atoms with van der Waals surface area (Å²) in [4.78, 5) is 18.8. The van der Waals surface area contributed by atoms with Gasteiger partial charge in [-0.3, -0.25) is 9.79 Å². The van der Waals surface area contributed by atoms with Crippen LogP contribution in [0.5, 0.6) is 0 Å². The maximum Gasteiger partial charge on any atom is 0.224 e. The minimum absolute atomic E-state index is 0. The number of guanidine groups is 1. The summed E-state index contributed by atoms with van der Waals surface area (Å²) in [7, 11) is 1.80. The lowest BCUT2D eigenvalue weighted by atomic mass is 10.1. The fourth-order valence-electron chi connectivity index (χ4n) is 3.61. The number of nitrogens with one attached hydrogen (secondary N) is 3. The van der Waals surface area contributed by atoms with E-state index in [1.54, 1.807) is 18.4 Å². The first kappa shape index (κ1) is 25.5. The Morgan fingerprint density at radius 2 is 2.00 bits per heavy atom. The fourth-order valence-corrected chi connectivity index (χ4v) is 4.40. The van der Waals surface area contributed by atoms with Crippen LogP contribution in [0.3, 0.4) is 0 Å². The molecule has 0 unspecified atom stereocenters. The molecule has 1 amide bonds. The predicted molar refractivity (Wildman–Crippen MR) is 143 cm³/mol. The van der Waals surface area contributed by atoms with Crippen molar-refractivity contribution < 1.29 is 4.79 Å². The molecule has 2 heterocycles. The third-order valence-corrected chi connectivity index (χ3v) is 6.07. The molecule has 0 aliphatic carbocycles. The molecule has 0 atom stereocenters. The first-order chi connectivity index (χ1) is 14.5. The highest BCUT2D eigenvalue weighted by molar-refractivity contribution is 14.0. The van der Waals surface area contributed by atoms with Gasteiger partial charge in [-0.2, -0.15) is 0 Å². The van der Waals surface area contributed by atoms with Crippen LogP contribution in [0.2, 0.25) is 0 Å². The van der Waals surface area contributed by atoms with Crippen molar-refractivity contribution in [3.63, 3.8) is 0 Å². The summed E-state index contributed by atoms with van der Waals surface area (Å²) in [5, 5.41) is 13.4.